The Morgan fingerprint density at radius 3 is 1.77 bits per heavy atom. The van der Waals surface area contributed by atoms with Crippen LogP contribution in [0.15, 0.2) is 22.5 Å². The molecular formula is C51H88N18O13. The molecule has 11 atom stereocenters. The average Bonchev–Trinajstić information content (AvgIpc) is 4.14. The molecule has 22 N–H and O–H groups in total. The molecule has 2 aliphatic carbocycles. The maximum absolute atomic E-state index is 14.3. The van der Waals surface area contributed by atoms with Crippen molar-refractivity contribution in [1.82, 2.24) is 57.4 Å². The summed E-state index contributed by atoms with van der Waals surface area (Å²) in [6.07, 6.45) is 6.02. The van der Waals surface area contributed by atoms with Crippen LogP contribution in [-0.2, 0) is 54.4 Å². The highest BCUT2D eigenvalue weighted by atomic mass is 16.4. The molecule has 0 spiro atoms. The molecule has 31 heteroatoms. The lowest BCUT2D eigenvalue weighted by Gasteiger charge is -2.31. The molecule has 2 saturated carbocycles. The second-order valence-electron chi connectivity index (χ2n) is 21.1. The first-order valence-electron chi connectivity index (χ1n) is 27.8. The number of aliphatic hydroxyl groups excluding tert-OH is 2. The maximum Gasteiger partial charge on any atom is 0.323 e. The molecule has 1 aromatic heterocycles. The minimum absolute atomic E-state index is 0.0179. The Bertz CT molecular complexity index is 2350. The minimum atomic E-state index is -1.82. The van der Waals surface area contributed by atoms with Crippen molar-refractivity contribution in [3.63, 3.8) is 0 Å². The molecule has 3 rings (SSSR count). The van der Waals surface area contributed by atoms with Crippen LogP contribution in [0.2, 0.25) is 0 Å². The van der Waals surface area contributed by atoms with Crippen molar-refractivity contribution in [2.75, 3.05) is 26.2 Å². The van der Waals surface area contributed by atoms with Crippen molar-refractivity contribution in [2.45, 2.75) is 191 Å². The highest BCUT2D eigenvalue weighted by molar-refractivity contribution is 5.98. The third kappa shape index (κ3) is 24.2. The summed E-state index contributed by atoms with van der Waals surface area (Å²) in [6.45, 7) is 6.13. The number of carboxylic acids is 1. The Morgan fingerprint density at radius 1 is 0.671 bits per heavy atom. The molecule has 0 aromatic carbocycles. The Labute approximate surface area is 476 Å². The summed E-state index contributed by atoms with van der Waals surface area (Å²) in [5, 5.41) is 51.2. The van der Waals surface area contributed by atoms with Crippen LogP contribution in [0.1, 0.15) is 124 Å². The fraction of sp³-hybridized carbons (Fsp3) is 0.706. The Morgan fingerprint density at radius 2 is 1.22 bits per heavy atom. The quantitative estimate of drug-likeness (QED) is 0.0170. The number of nitrogens with two attached hydrogens (primary N) is 5. The van der Waals surface area contributed by atoms with E-state index < -0.39 is 139 Å². The number of aliphatic carboxylic acids is 1. The third-order valence-electron chi connectivity index (χ3n) is 14.1. The van der Waals surface area contributed by atoms with E-state index in [1.54, 1.807) is 13.8 Å². The second-order valence-corrected chi connectivity index (χ2v) is 21.1. The number of nitrogens with zero attached hydrogens (tertiary/aromatic N) is 4. The molecule has 1 heterocycles. The first-order valence-corrected chi connectivity index (χ1v) is 27.8. The van der Waals surface area contributed by atoms with E-state index in [0.717, 1.165) is 46.0 Å². The number of aliphatic imine (C=N–C) groups is 2. The van der Waals surface area contributed by atoms with Gasteiger partial charge in [-0.2, -0.15) is 0 Å². The lowest BCUT2D eigenvalue weighted by Crippen LogP contribution is -2.62. The monoisotopic (exact) mass is 1160 g/mol. The van der Waals surface area contributed by atoms with Crippen LogP contribution in [0.5, 0.6) is 0 Å². The van der Waals surface area contributed by atoms with Crippen molar-refractivity contribution < 1.29 is 63.3 Å². The van der Waals surface area contributed by atoms with Crippen LogP contribution in [0, 0.1) is 11.8 Å². The van der Waals surface area contributed by atoms with Gasteiger partial charge in [0.25, 0.3) is 0 Å². The Hall–Kier alpha value is -7.67. The topological polar surface area (TPSA) is 514 Å². The van der Waals surface area contributed by atoms with E-state index in [1.165, 1.54) is 24.3 Å². The number of aromatic nitrogens is 2. The number of guanidine groups is 2. The lowest BCUT2D eigenvalue weighted by molar-refractivity contribution is -0.147. The van der Waals surface area contributed by atoms with Gasteiger partial charge in [0.15, 0.2) is 11.9 Å². The van der Waals surface area contributed by atoms with Crippen molar-refractivity contribution in [1.29, 1.82) is 0 Å². The number of H-pyrrole nitrogens is 1. The average molecular weight is 1160 g/mol. The van der Waals surface area contributed by atoms with Gasteiger partial charge in [0.05, 0.1) is 31.1 Å². The van der Waals surface area contributed by atoms with Gasteiger partial charge in [-0.25, -0.2) is 4.98 Å². The summed E-state index contributed by atoms with van der Waals surface area (Å²) in [5.41, 5.74) is 28.0. The standard InChI is InChI=1S/C51H88N18O13/c1-6-26(2)39(49(82)69(24-38(73)74)32-16-17-32)66-44(77)34(15-11-19-59-51(55)56)63-37(72)23-60-47(80)40(28(4)70)68-48(81)41(29(5)71)67-46(79)36(21-31-22-57-25-61-31)65-45(78)35(20-30-12-8-7-9-13-30)64-42(75)27(3)62-43(76)33(52)14-10-18-58-50(53)54/h22,25-30,32-36,39-41,70-71H,6-21,23-24,52H2,1-5H3,(H,57,61)(H,60,80)(H,62,76)(H,63,72)(H,64,75)(H,65,78)(H,66,77)(H,67,79)(H,68,81)(H,73,74)(H4,53,54,58)(H4,55,56,59)/t26?,27-,28+,29+,33-,34-,35-,36-,39-,40-,41-/m0/s1. The van der Waals surface area contributed by atoms with E-state index in [9.17, 15) is 63.3 Å². The van der Waals surface area contributed by atoms with Crippen molar-refractivity contribution in [2.24, 2.45) is 50.5 Å². The number of hydrogen-bond donors (Lipinski definition) is 17. The number of carboxylic acid groups (broad SMARTS) is 1. The largest absolute Gasteiger partial charge is 0.480 e. The molecular weight excluding hydrogens is 1070 g/mol. The maximum atomic E-state index is 14.3. The van der Waals surface area contributed by atoms with Crippen LogP contribution in [-0.4, -0.2) is 194 Å². The summed E-state index contributed by atoms with van der Waals surface area (Å²) in [6, 6.07) is -11.2. The second kappa shape index (κ2) is 34.6. The molecule has 0 bridgehead atoms. The summed E-state index contributed by atoms with van der Waals surface area (Å²) in [4.78, 5) is 151. The summed E-state index contributed by atoms with van der Waals surface area (Å²) < 4.78 is 0. The molecule has 2 fully saturated rings. The van der Waals surface area contributed by atoms with Gasteiger partial charge >= 0.3 is 5.97 Å². The molecule has 0 saturated heterocycles. The van der Waals surface area contributed by atoms with Crippen molar-refractivity contribution >= 4 is 71.1 Å². The number of hydrogen-bond acceptors (Lipinski definition) is 16. The zero-order chi connectivity index (χ0) is 61.2. The summed E-state index contributed by atoms with van der Waals surface area (Å²) >= 11 is 0. The number of imidazole rings is 1. The lowest BCUT2D eigenvalue weighted by atomic mass is 9.84. The van der Waals surface area contributed by atoms with E-state index in [2.05, 4.69) is 62.5 Å². The Kier molecular flexibility index (Phi) is 28.9. The van der Waals surface area contributed by atoms with E-state index in [-0.39, 0.29) is 69.1 Å². The van der Waals surface area contributed by atoms with Crippen LogP contribution >= 0.6 is 0 Å². The fourth-order valence-electron chi connectivity index (χ4n) is 9.06. The van der Waals surface area contributed by atoms with Gasteiger partial charge in [0, 0.05) is 37.4 Å². The van der Waals surface area contributed by atoms with Gasteiger partial charge in [-0.05, 0) is 77.6 Å². The van der Waals surface area contributed by atoms with Crippen LogP contribution in [0.4, 0.5) is 0 Å². The molecule has 0 radical (unpaired) electrons. The van der Waals surface area contributed by atoms with Crippen LogP contribution in [0.25, 0.3) is 0 Å². The zero-order valence-electron chi connectivity index (χ0n) is 47.5. The number of carbonyl (C=O) groups excluding carboxylic acids is 9. The normalized spacial score (nSPS) is 17.3. The first kappa shape index (κ1) is 68.6. The highest BCUT2D eigenvalue weighted by Gasteiger charge is 2.41. The molecule has 9 amide bonds. The number of amides is 9. The first-order chi connectivity index (χ1) is 38.7. The Balaban J connectivity index is 1.77. The molecule has 0 aliphatic heterocycles. The molecule has 1 unspecified atom stereocenters. The minimum Gasteiger partial charge on any atom is -0.480 e. The van der Waals surface area contributed by atoms with Crippen LogP contribution < -0.4 is 71.2 Å². The SMILES string of the molecule is CCC(C)[C@H](NC(=O)[C@H](CCCN=C(N)N)NC(=O)CNC(=O)[C@@H](NC(=O)[C@@H](NC(=O)[C@H](Cc1cnc[nH]1)NC(=O)[C@H](CC1CCCCC1)NC(=O)[C@H](C)NC(=O)[C@@H](N)CCCN=C(N)N)[C@@H](C)O)[C@@H](C)O)C(=O)N(CC(=O)O)C1CC1. The van der Waals surface area contributed by atoms with Crippen molar-refractivity contribution in [3.05, 3.63) is 18.2 Å². The fourth-order valence-corrected chi connectivity index (χ4v) is 9.06. The zero-order valence-corrected chi connectivity index (χ0v) is 47.5. The van der Waals surface area contributed by atoms with E-state index in [0.29, 0.717) is 31.4 Å². The van der Waals surface area contributed by atoms with Crippen LogP contribution in [0.3, 0.4) is 0 Å². The number of rotatable bonds is 36. The molecule has 2 aliphatic rings. The third-order valence-corrected chi connectivity index (χ3v) is 14.1. The highest BCUT2D eigenvalue weighted by Crippen LogP contribution is 2.29. The van der Waals surface area contributed by atoms with Gasteiger partial charge in [-0.3, -0.25) is 57.9 Å². The van der Waals surface area contributed by atoms with E-state index in [1.807, 2.05) is 0 Å². The smallest absolute Gasteiger partial charge is 0.323 e. The summed E-state index contributed by atoms with van der Waals surface area (Å²) in [5.74, 6) is -9.69. The summed E-state index contributed by atoms with van der Waals surface area (Å²) in [7, 11) is 0. The number of aromatic amines is 1. The number of carbonyl (C=O) groups is 10. The van der Waals surface area contributed by atoms with Crippen molar-refractivity contribution in [3.8, 4) is 0 Å². The van der Waals surface area contributed by atoms with Gasteiger partial charge in [-0.1, -0.05) is 52.4 Å². The number of aliphatic hydroxyl groups is 2. The van der Waals surface area contributed by atoms with E-state index in [4.69, 9.17) is 28.7 Å². The number of nitrogens with one attached hydrogen (secondary N) is 9. The predicted octanol–water partition coefficient (Wildman–Crippen LogP) is -5.23. The van der Waals surface area contributed by atoms with E-state index >= 15 is 0 Å². The molecule has 1 aromatic rings. The molecule has 31 nitrogen and oxygen atoms in total. The van der Waals surface area contributed by atoms with Gasteiger partial charge in [0.2, 0.25) is 53.2 Å². The van der Waals surface area contributed by atoms with Gasteiger partial charge in [-0.15, -0.1) is 0 Å². The van der Waals surface area contributed by atoms with Gasteiger partial charge in [0.1, 0.15) is 48.8 Å². The van der Waals surface area contributed by atoms with Gasteiger partial charge < -0.3 is 96.4 Å². The predicted molar refractivity (Wildman–Crippen MR) is 299 cm³/mol. The molecule has 82 heavy (non-hydrogen) atoms. The molecule has 460 valence electrons.